The van der Waals surface area contributed by atoms with Gasteiger partial charge in [0.2, 0.25) is 5.91 Å². The van der Waals surface area contributed by atoms with Crippen molar-refractivity contribution in [1.29, 1.82) is 0 Å². The summed E-state index contributed by atoms with van der Waals surface area (Å²) in [5, 5.41) is 12.9. The molecule has 234 valence electrons. The topological polar surface area (TPSA) is 282 Å². The normalized spacial score (nSPS) is 22.4. The molecule has 5 atom stereocenters. The summed E-state index contributed by atoms with van der Waals surface area (Å²) in [6.07, 6.45) is 1.74. The summed E-state index contributed by atoms with van der Waals surface area (Å²) >= 11 is 0. The van der Waals surface area contributed by atoms with Crippen LogP contribution in [-0.4, -0.2) is 78.7 Å². The molecule has 5 unspecified atom stereocenters. The Labute approximate surface area is 232 Å². The van der Waals surface area contributed by atoms with Crippen molar-refractivity contribution in [1.82, 2.24) is 14.9 Å². The number of phosphoric acid groups is 3. The summed E-state index contributed by atoms with van der Waals surface area (Å²) < 4.78 is 57.4. The van der Waals surface area contributed by atoms with E-state index in [0.29, 0.717) is 6.61 Å². The van der Waals surface area contributed by atoms with Crippen molar-refractivity contribution >= 4 is 35.5 Å². The summed E-state index contributed by atoms with van der Waals surface area (Å²) in [5.74, 6) is -0.263. The molecule has 1 fully saturated rings. The number of aliphatic hydroxyl groups is 1. The van der Waals surface area contributed by atoms with Crippen LogP contribution in [-0.2, 0) is 41.1 Å². The van der Waals surface area contributed by atoms with Crippen molar-refractivity contribution in [3.8, 4) is 0 Å². The number of aromatic amines is 1. The van der Waals surface area contributed by atoms with Gasteiger partial charge in [-0.05, 0) is 6.42 Å². The van der Waals surface area contributed by atoms with Gasteiger partial charge < -0.3 is 39.5 Å². The van der Waals surface area contributed by atoms with E-state index in [1.54, 1.807) is 0 Å². The number of unbranched alkanes of at least 4 members (excludes halogenated alkanes) is 1. The van der Waals surface area contributed by atoms with Crippen LogP contribution in [0.5, 0.6) is 0 Å². The van der Waals surface area contributed by atoms with Crippen LogP contribution in [0.25, 0.3) is 6.08 Å². The first kappa shape index (κ1) is 35.4. The maximum Gasteiger partial charge on any atom is 0.490 e. The van der Waals surface area contributed by atoms with Crippen LogP contribution in [0.15, 0.2) is 21.9 Å². The molecule has 2 heterocycles. The summed E-state index contributed by atoms with van der Waals surface area (Å²) in [4.78, 5) is 74.3. The molecule has 0 spiro atoms. The van der Waals surface area contributed by atoms with E-state index in [2.05, 4.69) is 23.4 Å². The third-order valence-electron chi connectivity index (χ3n) is 5.16. The maximum absolute atomic E-state index is 12.3. The SMILES string of the molecule is CCCCOCCC(=O)NC/C=C/c1cn(C2CC(O)C(COP(=O)(O)OP(=O)(O)OP(=O)(O)O)O2)c(=O)[nH]c1=O. The van der Waals surface area contributed by atoms with Crippen LogP contribution < -0.4 is 16.6 Å². The third-order valence-corrected chi connectivity index (χ3v) is 8.96. The number of nitrogens with one attached hydrogen (secondary N) is 2. The minimum Gasteiger partial charge on any atom is -0.390 e. The van der Waals surface area contributed by atoms with Gasteiger partial charge in [0, 0.05) is 32.2 Å². The standard InChI is InChI=1S/C19H32N3O16P3/c1-2-3-8-34-9-6-16(24)20-7-4-5-13-11-22(19(26)21-18(13)25)17-10-14(23)15(36-17)12-35-40(30,31)38-41(32,33)37-39(27,28)29/h4-5,11,14-15,17,23H,2-3,6-10,12H2,1H3,(H,20,24)(H,30,31)(H,32,33)(H,21,25,26)(H2,27,28,29)/b5-4+. The number of phosphoric ester groups is 1. The second-order valence-electron chi connectivity index (χ2n) is 8.49. The lowest BCUT2D eigenvalue weighted by Crippen LogP contribution is -2.33. The average Bonchev–Trinajstić information content (AvgIpc) is 3.19. The Kier molecular flexibility index (Phi) is 13.5. The van der Waals surface area contributed by atoms with E-state index in [9.17, 15) is 43.0 Å². The molecule has 7 N–H and O–H groups in total. The van der Waals surface area contributed by atoms with E-state index in [4.69, 9.17) is 19.3 Å². The van der Waals surface area contributed by atoms with Gasteiger partial charge in [0.25, 0.3) is 5.56 Å². The molecule has 1 amide bonds. The number of hydrogen-bond donors (Lipinski definition) is 7. The van der Waals surface area contributed by atoms with E-state index in [1.165, 1.54) is 12.2 Å². The highest BCUT2D eigenvalue weighted by Crippen LogP contribution is 2.66. The zero-order valence-corrected chi connectivity index (χ0v) is 24.3. The fourth-order valence-electron chi connectivity index (χ4n) is 3.30. The van der Waals surface area contributed by atoms with Crippen molar-refractivity contribution in [2.45, 2.75) is 51.0 Å². The molecule has 1 aliphatic rings. The number of amides is 1. The number of carbonyl (C=O) groups excluding carboxylic acids is 1. The summed E-state index contributed by atoms with van der Waals surface area (Å²) in [5.41, 5.74) is -1.66. The van der Waals surface area contributed by atoms with Crippen LogP contribution in [0.4, 0.5) is 0 Å². The Hall–Kier alpha value is -1.82. The molecule has 41 heavy (non-hydrogen) atoms. The zero-order chi connectivity index (χ0) is 30.8. The molecule has 0 aromatic carbocycles. The predicted molar refractivity (Wildman–Crippen MR) is 138 cm³/mol. The Balaban J connectivity index is 1.96. The molecular weight excluding hydrogens is 619 g/mol. The lowest BCUT2D eigenvalue weighted by atomic mass is 10.2. The number of ether oxygens (including phenoxy) is 2. The van der Waals surface area contributed by atoms with Crippen LogP contribution in [0.2, 0.25) is 0 Å². The van der Waals surface area contributed by atoms with Crippen LogP contribution in [0.3, 0.4) is 0 Å². The largest absolute Gasteiger partial charge is 0.490 e. The van der Waals surface area contributed by atoms with E-state index >= 15 is 0 Å². The monoisotopic (exact) mass is 651 g/mol. The lowest BCUT2D eigenvalue weighted by molar-refractivity contribution is -0.121. The van der Waals surface area contributed by atoms with Crippen molar-refractivity contribution in [2.75, 3.05) is 26.4 Å². The Morgan fingerprint density at radius 1 is 1.17 bits per heavy atom. The molecule has 1 aliphatic heterocycles. The molecule has 1 aromatic heterocycles. The van der Waals surface area contributed by atoms with Crippen molar-refractivity contribution < 1.29 is 65.8 Å². The molecule has 0 saturated carbocycles. The van der Waals surface area contributed by atoms with E-state index < -0.39 is 59.8 Å². The molecule has 1 saturated heterocycles. The summed E-state index contributed by atoms with van der Waals surface area (Å²) in [7, 11) is -16.8. The van der Waals surface area contributed by atoms with Gasteiger partial charge in [-0.3, -0.25) is 23.7 Å². The Morgan fingerprint density at radius 3 is 2.54 bits per heavy atom. The first-order valence-corrected chi connectivity index (χ1v) is 16.5. The Morgan fingerprint density at radius 2 is 1.88 bits per heavy atom. The van der Waals surface area contributed by atoms with Gasteiger partial charge in [0.05, 0.1) is 24.9 Å². The molecule has 0 radical (unpaired) electrons. The zero-order valence-electron chi connectivity index (χ0n) is 21.6. The quantitative estimate of drug-likeness (QED) is 0.0852. The number of carbonyl (C=O) groups is 1. The van der Waals surface area contributed by atoms with Gasteiger partial charge in [0.1, 0.15) is 12.3 Å². The van der Waals surface area contributed by atoms with Crippen molar-refractivity contribution in [2.24, 2.45) is 0 Å². The number of aromatic nitrogens is 2. The van der Waals surface area contributed by atoms with Gasteiger partial charge in [-0.2, -0.15) is 8.62 Å². The van der Waals surface area contributed by atoms with Crippen LogP contribution >= 0.6 is 23.5 Å². The molecule has 1 aromatic rings. The minimum atomic E-state index is -5.73. The van der Waals surface area contributed by atoms with Gasteiger partial charge in [-0.25, -0.2) is 18.5 Å². The number of nitrogens with zero attached hydrogens (tertiary/aromatic N) is 1. The van der Waals surface area contributed by atoms with Crippen LogP contribution in [0, 0.1) is 0 Å². The lowest BCUT2D eigenvalue weighted by Gasteiger charge is -2.19. The van der Waals surface area contributed by atoms with E-state index in [-0.39, 0.29) is 37.5 Å². The molecular formula is C19H32N3O16P3. The van der Waals surface area contributed by atoms with Gasteiger partial charge in [-0.1, -0.05) is 25.5 Å². The molecule has 22 heteroatoms. The fourth-order valence-corrected chi connectivity index (χ4v) is 6.33. The Bertz CT molecular complexity index is 1320. The van der Waals surface area contributed by atoms with Gasteiger partial charge in [0.15, 0.2) is 0 Å². The van der Waals surface area contributed by atoms with E-state index in [0.717, 1.165) is 23.6 Å². The first-order chi connectivity index (χ1) is 19.0. The first-order valence-electron chi connectivity index (χ1n) is 12.0. The second kappa shape index (κ2) is 15.6. The number of hydrogen-bond acceptors (Lipinski definition) is 12. The number of aliphatic hydroxyl groups excluding tert-OH is 1. The number of rotatable bonds is 17. The van der Waals surface area contributed by atoms with Gasteiger partial charge >= 0.3 is 29.2 Å². The smallest absolute Gasteiger partial charge is 0.390 e. The molecule has 0 aliphatic carbocycles. The van der Waals surface area contributed by atoms with Crippen molar-refractivity contribution in [3.63, 3.8) is 0 Å². The highest BCUT2D eigenvalue weighted by atomic mass is 31.3. The van der Waals surface area contributed by atoms with Crippen molar-refractivity contribution in [3.05, 3.63) is 38.7 Å². The van der Waals surface area contributed by atoms with E-state index in [1.807, 2.05) is 6.92 Å². The average molecular weight is 651 g/mol. The molecule has 19 nitrogen and oxygen atoms in total. The third kappa shape index (κ3) is 12.9. The predicted octanol–water partition coefficient (Wildman–Crippen LogP) is -0.136. The molecule has 0 bridgehead atoms. The second-order valence-corrected chi connectivity index (χ2v) is 12.9. The molecule has 2 rings (SSSR count). The van der Waals surface area contributed by atoms with Crippen LogP contribution in [0.1, 0.15) is 44.4 Å². The fraction of sp³-hybridized carbons (Fsp3) is 0.632. The minimum absolute atomic E-state index is 0.00319. The summed E-state index contributed by atoms with van der Waals surface area (Å²) in [6.45, 7) is 2.00. The number of H-pyrrole nitrogens is 1. The summed E-state index contributed by atoms with van der Waals surface area (Å²) in [6, 6.07) is 0. The van der Waals surface area contributed by atoms with Gasteiger partial charge in [-0.15, -0.1) is 0 Å². The maximum atomic E-state index is 12.3. The highest BCUT2D eigenvalue weighted by Gasteiger charge is 2.43. The highest BCUT2D eigenvalue weighted by molar-refractivity contribution is 7.66.